The molecule has 2 aromatic rings. The van der Waals surface area contributed by atoms with Crippen LogP contribution in [0.4, 0.5) is 0 Å². The fourth-order valence-electron chi connectivity index (χ4n) is 2.41. The Kier molecular flexibility index (Phi) is 3.95. The highest BCUT2D eigenvalue weighted by atomic mass is 79.9. The molecule has 5 heteroatoms. The number of ether oxygens (including phenoxy) is 1. The van der Waals surface area contributed by atoms with Gasteiger partial charge in [-0.2, -0.15) is 0 Å². The minimum atomic E-state index is -0.824. The van der Waals surface area contributed by atoms with Gasteiger partial charge in [-0.05, 0) is 41.5 Å². The molecule has 0 saturated carbocycles. The first-order valence-corrected chi connectivity index (χ1v) is 7.68. The first kappa shape index (κ1) is 14.2. The Balaban J connectivity index is 2.08. The van der Waals surface area contributed by atoms with Crippen LogP contribution in [-0.4, -0.2) is 11.7 Å². The van der Waals surface area contributed by atoms with Crippen LogP contribution in [0, 0.1) is 0 Å². The van der Waals surface area contributed by atoms with Crippen LogP contribution in [0.3, 0.4) is 0 Å². The highest BCUT2D eigenvalue weighted by Crippen LogP contribution is 2.39. The van der Waals surface area contributed by atoms with E-state index >= 15 is 0 Å². The Hall–Kier alpha value is -0.740. The van der Waals surface area contributed by atoms with Crippen LogP contribution in [0.15, 0.2) is 34.8 Å². The van der Waals surface area contributed by atoms with E-state index in [1.807, 2.05) is 12.1 Å². The van der Waals surface area contributed by atoms with E-state index in [0.717, 1.165) is 27.8 Å². The van der Waals surface area contributed by atoms with Crippen LogP contribution in [0.25, 0.3) is 0 Å². The third-order valence-electron chi connectivity index (χ3n) is 3.27. The molecule has 0 saturated heterocycles. The first-order chi connectivity index (χ1) is 9.54. The third kappa shape index (κ3) is 2.68. The molecule has 0 aliphatic carbocycles. The Morgan fingerprint density at radius 2 is 1.80 bits per heavy atom. The first-order valence-electron chi connectivity index (χ1n) is 6.14. The molecule has 0 radical (unpaired) electrons. The zero-order valence-corrected chi connectivity index (χ0v) is 13.5. The lowest BCUT2D eigenvalue weighted by Gasteiger charge is -2.16. The van der Waals surface area contributed by atoms with Crippen LogP contribution in [0.5, 0.6) is 5.75 Å². The summed E-state index contributed by atoms with van der Waals surface area (Å²) in [5.74, 6) is 0.761. The molecule has 1 N–H and O–H groups in total. The number of fused-ring (bicyclic) bond motifs is 1. The number of benzene rings is 2. The van der Waals surface area contributed by atoms with Crippen molar-refractivity contribution in [1.82, 2.24) is 0 Å². The van der Waals surface area contributed by atoms with Gasteiger partial charge in [0, 0.05) is 26.5 Å². The summed E-state index contributed by atoms with van der Waals surface area (Å²) in [4.78, 5) is 0. The summed E-state index contributed by atoms with van der Waals surface area (Å²) in [6, 6.07) is 8.94. The van der Waals surface area contributed by atoms with Crippen LogP contribution >= 0.6 is 39.1 Å². The number of hydrogen-bond acceptors (Lipinski definition) is 2. The molecule has 0 aromatic heterocycles. The lowest BCUT2D eigenvalue weighted by Crippen LogP contribution is -2.02. The van der Waals surface area contributed by atoms with Crippen LogP contribution in [-0.2, 0) is 6.42 Å². The molecule has 2 nitrogen and oxygen atoms in total. The molecule has 0 amide bonds. The van der Waals surface area contributed by atoms with E-state index in [0.29, 0.717) is 22.2 Å². The number of aliphatic hydroxyl groups excluding tert-OH is 1. The van der Waals surface area contributed by atoms with Gasteiger partial charge in [0.25, 0.3) is 0 Å². The van der Waals surface area contributed by atoms with Gasteiger partial charge in [0.15, 0.2) is 0 Å². The van der Waals surface area contributed by atoms with E-state index in [1.165, 1.54) is 0 Å². The van der Waals surface area contributed by atoms with Crippen molar-refractivity contribution in [3.05, 3.63) is 61.5 Å². The molecule has 2 aromatic carbocycles. The van der Waals surface area contributed by atoms with Gasteiger partial charge >= 0.3 is 0 Å². The summed E-state index contributed by atoms with van der Waals surface area (Å²) in [6.07, 6.45) is 0.0284. The fraction of sp³-hybridized carbons (Fsp3) is 0.200. The van der Waals surface area contributed by atoms with Crippen molar-refractivity contribution in [1.29, 1.82) is 0 Å². The summed E-state index contributed by atoms with van der Waals surface area (Å²) in [5.41, 5.74) is 2.48. The van der Waals surface area contributed by atoms with E-state index in [4.69, 9.17) is 27.9 Å². The molecular weight excluding hydrogens is 363 g/mol. The summed E-state index contributed by atoms with van der Waals surface area (Å²) < 4.78 is 6.56. The van der Waals surface area contributed by atoms with Gasteiger partial charge in [0.05, 0.1) is 6.61 Å². The number of rotatable bonds is 2. The Bertz CT molecular complexity index is 653. The van der Waals surface area contributed by atoms with Gasteiger partial charge in [-0.25, -0.2) is 0 Å². The summed E-state index contributed by atoms with van der Waals surface area (Å²) >= 11 is 15.5. The molecule has 1 aliphatic rings. The van der Waals surface area contributed by atoms with Gasteiger partial charge in [-0.15, -0.1) is 0 Å². The molecule has 0 spiro atoms. The normalized spacial score (nSPS) is 14.8. The van der Waals surface area contributed by atoms with Gasteiger partial charge in [0.1, 0.15) is 11.9 Å². The molecule has 1 aliphatic heterocycles. The SMILES string of the molecule is OC(c1cc(Cl)cc(Cl)c1)c1cc(Br)cc2c1OCC2. The second-order valence-electron chi connectivity index (χ2n) is 4.69. The predicted molar refractivity (Wildman–Crippen MR) is 83.9 cm³/mol. The second-order valence-corrected chi connectivity index (χ2v) is 6.48. The lowest BCUT2D eigenvalue weighted by molar-refractivity contribution is 0.213. The molecule has 1 heterocycles. The topological polar surface area (TPSA) is 29.5 Å². The average Bonchev–Trinajstić information content (AvgIpc) is 2.83. The maximum Gasteiger partial charge on any atom is 0.128 e. The van der Waals surface area contributed by atoms with Crippen LogP contribution in [0.2, 0.25) is 10.0 Å². The molecule has 1 unspecified atom stereocenters. The quantitative estimate of drug-likeness (QED) is 0.821. The molecule has 3 rings (SSSR count). The monoisotopic (exact) mass is 372 g/mol. The number of halogens is 3. The van der Waals surface area contributed by atoms with Gasteiger partial charge in [0.2, 0.25) is 0 Å². The molecule has 104 valence electrons. The molecule has 20 heavy (non-hydrogen) atoms. The van der Waals surface area contributed by atoms with Crippen molar-refractivity contribution in [3.63, 3.8) is 0 Å². The van der Waals surface area contributed by atoms with Gasteiger partial charge < -0.3 is 9.84 Å². The van der Waals surface area contributed by atoms with E-state index in [9.17, 15) is 5.11 Å². The van der Waals surface area contributed by atoms with E-state index < -0.39 is 6.10 Å². The largest absolute Gasteiger partial charge is 0.493 e. The zero-order valence-electron chi connectivity index (χ0n) is 10.4. The summed E-state index contributed by atoms with van der Waals surface area (Å²) in [6.45, 7) is 0.641. The highest BCUT2D eigenvalue weighted by Gasteiger charge is 2.23. The molecule has 1 atom stereocenters. The second kappa shape index (κ2) is 5.57. The van der Waals surface area contributed by atoms with Crippen LogP contribution in [0.1, 0.15) is 22.8 Å². The third-order valence-corrected chi connectivity index (χ3v) is 4.17. The van der Waals surface area contributed by atoms with Crippen molar-refractivity contribution >= 4 is 39.1 Å². The van der Waals surface area contributed by atoms with E-state index in [-0.39, 0.29) is 0 Å². The van der Waals surface area contributed by atoms with Crippen molar-refractivity contribution in [2.24, 2.45) is 0 Å². The van der Waals surface area contributed by atoms with Gasteiger partial charge in [-0.1, -0.05) is 39.1 Å². The number of hydrogen-bond donors (Lipinski definition) is 1. The van der Waals surface area contributed by atoms with Gasteiger partial charge in [-0.3, -0.25) is 0 Å². The van der Waals surface area contributed by atoms with E-state index in [2.05, 4.69) is 15.9 Å². The molecular formula is C15H11BrCl2O2. The van der Waals surface area contributed by atoms with Crippen molar-refractivity contribution < 1.29 is 9.84 Å². The van der Waals surface area contributed by atoms with Crippen molar-refractivity contribution in [3.8, 4) is 5.75 Å². The highest BCUT2D eigenvalue weighted by molar-refractivity contribution is 9.10. The maximum absolute atomic E-state index is 10.6. The number of aliphatic hydroxyl groups is 1. The van der Waals surface area contributed by atoms with Crippen molar-refractivity contribution in [2.45, 2.75) is 12.5 Å². The lowest BCUT2D eigenvalue weighted by atomic mass is 9.98. The minimum Gasteiger partial charge on any atom is -0.493 e. The Labute approximate surface area is 135 Å². The Morgan fingerprint density at radius 1 is 1.10 bits per heavy atom. The Morgan fingerprint density at radius 3 is 2.50 bits per heavy atom. The van der Waals surface area contributed by atoms with Crippen LogP contribution < -0.4 is 4.74 Å². The molecule has 0 fully saturated rings. The zero-order chi connectivity index (χ0) is 14.3. The standard InChI is InChI=1S/C15H11BrCl2O2/c16-10-3-8-1-2-20-15(8)13(6-10)14(19)9-4-11(17)7-12(18)5-9/h3-7,14,19H,1-2H2. The van der Waals surface area contributed by atoms with E-state index in [1.54, 1.807) is 18.2 Å². The summed E-state index contributed by atoms with van der Waals surface area (Å²) in [5, 5.41) is 11.6. The minimum absolute atomic E-state index is 0.499. The fourth-order valence-corrected chi connectivity index (χ4v) is 3.48. The van der Waals surface area contributed by atoms with Crippen molar-refractivity contribution in [2.75, 3.05) is 6.61 Å². The maximum atomic E-state index is 10.6. The molecule has 0 bridgehead atoms. The predicted octanol–water partition coefficient (Wildman–Crippen LogP) is 4.77. The summed E-state index contributed by atoms with van der Waals surface area (Å²) in [7, 11) is 0. The smallest absolute Gasteiger partial charge is 0.128 e. The average molecular weight is 374 g/mol.